The predicted molar refractivity (Wildman–Crippen MR) is 42.1 cm³/mol. The third kappa shape index (κ3) is 0.663. The van der Waals surface area contributed by atoms with Gasteiger partial charge in [-0.15, -0.1) is 0 Å². The van der Waals surface area contributed by atoms with Gasteiger partial charge in [0.1, 0.15) is 0 Å². The second-order valence-electron chi connectivity index (χ2n) is 3.70. The molecule has 2 heterocycles. The average molecular weight is 140 g/mol. The van der Waals surface area contributed by atoms with E-state index in [-0.39, 0.29) is 0 Å². The molecule has 0 saturated carbocycles. The summed E-state index contributed by atoms with van der Waals surface area (Å²) < 4.78 is 0. The standard InChI is InChI=1S/C8H16N2/c1-3-10-6-8(7-10)4-5-9(8)2/h3-7H2,1-2H3. The van der Waals surface area contributed by atoms with Gasteiger partial charge in [-0.1, -0.05) is 6.92 Å². The van der Waals surface area contributed by atoms with E-state index in [0.717, 1.165) is 0 Å². The highest BCUT2D eigenvalue weighted by molar-refractivity contribution is 5.08. The van der Waals surface area contributed by atoms with Crippen LogP contribution in [0.2, 0.25) is 0 Å². The molecular formula is C8H16N2. The fraction of sp³-hybridized carbons (Fsp3) is 1.00. The highest BCUT2D eigenvalue weighted by Crippen LogP contribution is 2.37. The first kappa shape index (κ1) is 6.62. The summed E-state index contributed by atoms with van der Waals surface area (Å²) in [6.45, 7) is 7.43. The Balaban J connectivity index is 1.88. The summed E-state index contributed by atoms with van der Waals surface area (Å²) in [5.41, 5.74) is 0.635. The van der Waals surface area contributed by atoms with E-state index in [0.29, 0.717) is 5.54 Å². The Bertz CT molecular complexity index is 138. The smallest absolute Gasteiger partial charge is 0.0472 e. The molecule has 2 nitrogen and oxygen atoms in total. The second kappa shape index (κ2) is 1.95. The molecule has 10 heavy (non-hydrogen) atoms. The van der Waals surface area contributed by atoms with E-state index in [1.807, 2.05) is 0 Å². The minimum Gasteiger partial charge on any atom is -0.300 e. The van der Waals surface area contributed by atoms with Crippen molar-refractivity contribution < 1.29 is 0 Å². The fourth-order valence-electron chi connectivity index (χ4n) is 2.06. The van der Waals surface area contributed by atoms with E-state index in [9.17, 15) is 0 Å². The summed E-state index contributed by atoms with van der Waals surface area (Å²) >= 11 is 0. The van der Waals surface area contributed by atoms with Gasteiger partial charge in [0.2, 0.25) is 0 Å². The third-order valence-electron chi connectivity index (χ3n) is 3.21. The number of likely N-dealkylation sites (tertiary alicyclic amines) is 2. The molecule has 2 fully saturated rings. The third-order valence-corrected chi connectivity index (χ3v) is 3.21. The normalized spacial score (nSPS) is 31.8. The molecule has 2 aliphatic heterocycles. The zero-order valence-electron chi connectivity index (χ0n) is 6.93. The summed E-state index contributed by atoms with van der Waals surface area (Å²) in [6, 6.07) is 0. The van der Waals surface area contributed by atoms with Crippen LogP contribution >= 0.6 is 0 Å². The SMILES string of the molecule is CCN1CC2(CCN2C)C1. The van der Waals surface area contributed by atoms with Crippen molar-refractivity contribution in [2.24, 2.45) is 0 Å². The Morgan fingerprint density at radius 1 is 1.40 bits per heavy atom. The van der Waals surface area contributed by atoms with E-state index in [4.69, 9.17) is 0 Å². The number of rotatable bonds is 1. The molecule has 0 atom stereocenters. The monoisotopic (exact) mass is 140 g/mol. The molecule has 0 aromatic rings. The van der Waals surface area contributed by atoms with Gasteiger partial charge in [-0.2, -0.15) is 0 Å². The second-order valence-corrected chi connectivity index (χ2v) is 3.70. The average Bonchev–Trinajstić information content (AvgIpc) is 1.83. The van der Waals surface area contributed by atoms with Gasteiger partial charge < -0.3 is 0 Å². The summed E-state index contributed by atoms with van der Waals surface area (Å²) in [5, 5.41) is 0. The van der Waals surface area contributed by atoms with Crippen LogP contribution in [0, 0.1) is 0 Å². The summed E-state index contributed by atoms with van der Waals surface area (Å²) in [7, 11) is 2.25. The lowest BCUT2D eigenvalue weighted by Crippen LogP contribution is -2.75. The largest absolute Gasteiger partial charge is 0.300 e. The Hall–Kier alpha value is -0.0800. The summed E-state index contributed by atoms with van der Waals surface area (Å²) in [4.78, 5) is 5.01. The highest BCUT2D eigenvalue weighted by Gasteiger charge is 2.50. The van der Waals surface area contributed by atoms with Gasteiger partial charge in [-0.25, -0.2) is 0 Å². The van der Waals surface area contributed by atoms with E-state index in [1.54, 1.807) is 0 Å². The molecule has 0 radical (unpaired) electrons. The molecule has 2 rings (SSSR count). The summed E-state index contributed by atoms with van der Waals surface area (Å²) in [5.74, 6) is 0. The van der Waals surface area contributed by atoms with Crippen molar-refractivity contribution >= 4 is 0 Å². The van der Waals surface area contributed by atoms with Gasteiger partial charge in [0.05, 0.1) is 0 Å². The van der Waals surface area contributed by atoms with E-state index < -0.39 is 0 Å². The van der Waals surface area contributed by atoms with Crippen molar-refractivity contribution in [3.63, 3.8) is 0 Å². The Morgan fingerprint density at radius 2 is 2.10 bits per heavy atom. The lowest BCUT2D eigenvalue weighted by atomic mass is 9.78. The Kier molecular flexibility index (Phi) is 1.29. The quantitative estimate of drug-likeness (QED) is 0.520. The van der Waals surface area contributed by atoms with E-state index in [1.165, 1.54) is 32.6 Å². The number of nitrogens with zero attached hydrogens (tertiary/aromatic N) is 2. The van der Waals surface area contributed by atoms with Crippen molar-refractivity contribution in [3.8, 4) is 0 Å². The first-order valence-electron chi connectivity index (χ1n) is 4.20. The lowest BCUT2D eigenvalue weighted by Gasteiger charge is -2.61. The van der Waals surface area contributed by atoms with Crippen LogP contribution in [-0.2, 0) is 0 Å². The molecule has 0 bridgehead atoms. The van der Waals surface area contributed by atoms with Crippen LogP contribution in [0.4, 0.5) is 0 Å². The van der Waals surface area contributed by atoms with Crippen LogP contribution in [0.3, 0.4) is 0 Å². The zero-order chi connectivity index (χ0) is 7.19. The molecule has 0 aromatic heterocycles. The van der Waals surface area contributed by atoms with Crippen molar-refractivity contribution in [2.45, 2.75) is 18.9 Å². The maximum absolute atomic E-state index is 2.51. The predicted octanol–water partition coefficient (Wildman–Crippen LogP) is 0.396. The molecule has 58 valence electrons. The Labute approximate surface area is 62.8 Å². The van der Waals surface area contributed by atoms with Crippen molar-refractivity contribution in [3.05, 3.63) is 0 Å². The molecule has 0 aromatic carbocycles. The van der Waals surface area contributed by atoms with Crippen molar-refractivity contribution in [1.29, 1.82) is 0 Å². The van der Waals surface area contributed by atoms with Gasteiger partial charge in [-0.05, 0) is 20.0 Å². The molecule has 2 heteroatoms. The van der Waals surface area contributed by atoms with Gasteiger partial charge >= 0.3 is 0 Å². The molecular weight excluding hydrogens is 124 g/mol. The highest BCUT2D eigenvalue weighted by atomic mass is 15.4. The van der Waals surface area contributed by atoms with Crippen LogP contribution in [-0.4, -0.2) is 48.6 Å². The van der Waals surface area contributed by atoms with E-state index >= 15 is 0 Å². The topological polar surface area (TPSA) is 6.48 Å². The first-order valence-corrected chi connectivity index (χ1v) is 4.20. The number of hydrogen-bond donors (Lipinski definition) is 0. The van der Waals surface area contributed by atoms with Gasteiger partial charge in [0.15, 0.2) is 0 Å². The minimum atomic E-state index is 0.635. The molecule has 2 aliphatic rings. The number of likely N-dealkylation sites (N-methyl/N-ethyl adjacent to an activating group) is 2. The van der Waals surface area contributed by atoms with Crippen LogP contribution in [0.1, 0.15) is 13.3 Å². The molecule has 0 amide bonds. The molecule has 0 N–H and O–H groups in total. The van der Waals surface area contributed by atoms with Crippen LogP contribution in [0.5, 0.6) is 0 Å². The van der Waals surface area contributed by atoms with Gasteiger partial charge in [0.25, 0.3) is 0 Å². The minimum absolute atomic E-state index is 0.635. The van der Waals surface area contributed by atoms with Crippen LogP contribution in [0.25, 0.3) is 0 Å². The lowest BCUT2D eigenvalue weighted by molar-refractivity contribution is -0.106. The maximum Gasteiger partial charge on any atom is 0.0472 e. The Morgan fingerprint density at radius 3 is 2.40 bits per heavy atom. The number of hydrogen-bond acceptors (Lipinski definition) is 2. The molecule has 1 spiro atoms. The maximum atomic E-state index is 2.51. The van der Waals surface area contributed by atoms with Crippen molar-refractivity contribution in [1.82, 2.24) is 9.80 Å². The molecule has 2 saturated heterocycles. The van der Waals surface area contributed by atoms with Crippen LogP contribution < -0.4 is 0 Å². The van der Waals surface area contributed by atoms with Crippen LogP contribution in [0.15, 0.2) is 0 Å². The van der Waals surface area contributed by atoms with Gasteiger partial charge in [0, 0.05) is 25.2 Å². The molecule has 0 aliphatic carbocycles. The molecule has 0 unspecified atom stereocenters. The fourth-order valence-corrected chi connectivity index (χ4v) is 2.06. The van der Waals surface area contributed by atoms with Crippen molar-refractivity contribution in [2.75, 3.05) is 33.2 Å². The zero-order valence-corrected chi connectivity index (χ0v) is 6.93. The van der Waals surface area contributed by atoms with Gasteiger partial charge in [-0.3, -0.25) is 9.80 Å². The first-order chi connectivity index (χ1) is 4.77. The summed E-state index contributed by atoms with van der Waals surface area (Å²) in [6.07, 6.45) is 1.43. The van der Waals surface area contributed by atoms with E-state index in [2.05, 4.69) is 23.8 Å².